The highest BCUT2D eigenvalue weighted by Gasteiger charge is 2.13. The fraction of sp³-hybridized carbons (Fsp3) is 0.0769. The number of benzene rings is 1. The lowest BCUT2D eigenvalue weighted by Crippen LogP contribution is -2.11. The predicted octanol–water partition coefficient (Wildman–Crippen LogP) is 2.33. The summed E-state index contributed by atoms with van der Waals surface area (Å²) in [5.74, 6) is -0.0776. The molecule has 86 valence electrons. The van der Waals surface area contributed by atoms with Crippen LogP contribution in [0.2, 0.25) is 0 Å². The van der Waals surface area contributed by atoms with E-state index in [-0.39, 0.29) is 11.3 Å². The maximum atomic E-state index is 12.2. The van der Waals surface area contributed by atoms with E-state index in [1.54, 1.807) is 18.2 Å². The average Bonchev–Trinajstić information content (AvgIpc) is 2.39. The van der Waals surface area contributed by atoms with Crippen molar-refractivity contribution in [1.29, 1.82) is 0 Å². The maximum absolute atomic E-state index is 12.2. The number of hydrogen-bond donors (Lipinski definition) is 1. The van der Waals surface area contributed by atoms with E-state index >= 15 is 0 Å². The molecular formula is C13H11NO2S. The van der Waals surface area contributed by atoms with Gasteiger partial charge >= 0.3 is 0 Å². The monoisotopic (exact) mass is 245 g/mol. The lowest BCUT2D eigenvalue weighted by Gasteiger charge is -2.05. The zero-order valence-electron chi connectivity index (χ0n) is 9.27. The molecule has 0 saturated heterocycles. The molecule has 0 aliphatic carbocycles. The van der Waals surface area contributed by atoms with Crippen molar-refractivity contribution in [2.75, 3.05) is 6.26 Å². The van der Waals surface area contributed by atoms with E-state index in [0.29, 0.717) is 16.2 Å². The Balaban J connectivity index is 2.48. The number of ketones is 1. The summed E-state index contributed by atoms with van der Waals surface area (Å²) in [5, 5.41) is 0.603. The Labute approximate surface area is 103 Å². The number of rotatable bonds is 3. The molecule has 2 rings (SSSR count). The lowest BCUT2D eigenvalue weighted by molar-refractivity contribution is 0.103. The molecule has 1 N–H and O–H groups in total. The number of carbonyl (C=O) groups is 1. The van der Waals surface area contributed by atoms with Gasteiger partial charge in [0.15, 0.2) is 5.78 Å². The topological polar surface area (TPSA) is 49.9 Å². The second-order valence-electron chi connectivity index (χ2n) is 3.46. The van der Waals surface area contributed by atoms with Gasteiger partial charge in [-0.3, -0.25) is 9.59 Å². The van der Waals surface area contributed by atoms with Crippen LogP contribution >= 0.6 is 11.8 Å². The summed E-state index contributed by atoms with van der Waals surface area (Å²) in [5.41, 5.74) is 0.956. The Bertz CT molecular complexity index is 590. The van der Waals surface area contributed by atoms with E-state index in [1.165, 1.54) is 17.8 Å². The molecule has 3 nitrogen and oxygen atoms in total. The molecule has 0 fully saturated rings. The van der Waals surface area contributed by atoms with E-state index in [2.05, 4.69) is 4.98 Å². The number of carbonyl (C=O) groups excluding carboxylic acids is 1. The third-order valence-corrected chi connectivity index (χ3v) is 3.10. The van der Waals surface area contributed by atoms with E-state index < -0.39 is 0 Å². The number of aromatic nitrogens is 1. The number of H-pyrrole nitrogens is 1. The zero-order chi connectivity index (χ0) is 12.3. The summed E-state index contributed by atoms with van der Waals surface area (Å²) in [4.78, 5) is 26.0. The third-order valence-electron chi connectivity index (χ3n) is 2.37. The smallest absolute Gasteiger partial charge is 0.248 e. The maximum Gasteiger partial charge on any atom is 0.248 e. The molecule has 0 bridgehead atoms. The van der Waals surface area contributed by atoms with Crippen LogP contribution in [0.3, 0.4) is 0 Å². The van der Waals surface area contributed by atoms with Crippen molar-refractivity contribution in [2.45, 2.75) is 5.03 Å². The number of pyridine rings is 1. The standard InChI is InChI=1S/C13H11NO2S/c1-17-13-10(7-8-11(15)14-13)12(16)9-5-3-2-4-6-9/h2-8H,1H3,(H,14,15). The van der Waals surface area contributed by atoms with Gasteiger partial charge in [0.05, 0.1) is 10.6 Å². The summed E-state index contributed by atoms with van der Waals surface area (Å²) < 4.78 is 0. The molecule has 4 heteroatoms. The quantitative estimate of drug-likeness (QED) is 0.667. The first-order chi connectivity index (χ1) is 8.22. The largest absolute Gasteiger partial charge is 0.316 e. The normalized spacial score (nSPS) is 10.2. The van der Waals surface area contributed by atoms with E-state index in [4.69, 9.17) is 0 Å². The minimum atomic E-state index is -0.195. The minimum Gasteiger partial charge on any atom is -0.316 e. The van der Waals surface area contributed by atoms with Crippen LogP contribution in [0.5, 0.6) is 0 Å². The van der Waals surface area contributed by atoms with Gasteiger partial charge in [-0.05, 0) is 12.3 Å². The van der Waals surface area contributed by atoms with Crippen molar-refractivity contribution in [3.8, 4) is 0 Å². The Hall–Kier alpha value is -1.81. The van der Waals surface area contributed by atoms with Crippen LogP contribution in [0.1, 0.15) is 15.9 Å². The van der Waals surface area contributed by atoms with Crippen LogP contribution in [0.15, 0.2) is 52.3 Å². The Morgan fingerprint density at radius 1 is 1.12 bits per heavy atom. The first-order valence-corrected chi connectivity index (χ1v) is 6.32. The van der Waals surface area contributed by atoms with Gasteiger partial charge in [-0.2, -0.15) is 0 Å². The van der Waals surface area contributed by atoms with Crippen LogP contribution in [-0.4, -0.2) is 17.0 Å². The molecule has 0 aliphatic heterocycles. The molecule has 0 saturated carbocycles. The van der Waals surface area contributed by atoms with Gasteiger partial charge in [0.25, 0.3) is 0 Å². The molecule has 1 heterocycles. The van der Waals surface area contributed by atoms with Crippen molar-refractivity contribution >= 4 is 17.5 Å². The van der Waals surface area contributed by atoms with Crippen LogP contribution < -0.4 is 5.56 Å². The van der Waals surface area contributed by atoms with Crippen LogP contribution in [-0.2, 0) is 0 Å². The third kappa shape index (κ3) is 2.47. The first kappa shape index (κ1) is 11.7. The number of aromatic amines is 1. The summed E-state index contributed by atoms with van der Waals surface area (Å²) >= 11 is 1.36. The highest BCUT2D eigenvalue weighted by Crippen LogP contribution is 2.18. The van der Waals surface area contributed by atoms with Crippen LogP contribution in [0.25, 0.3) is 0 Å². The summed E-state index contributed by atoms with van der Waals surface area (Å²) in [6.45, 7) is 0. The predicted molar refractivity (Wildman–Crippen MR) is 68.7 cm³/mol. The molecule has 0 amide bonds. The molecule has 17 heavy (non-hydrogen) atoms. The molecule has 0 aliphatic rings. The Morgan fingerprint density at radius 2 is 1.82 bits per heavy atom. The summed E-state index contributed by atoms with van der Waals surface area (Å²) in [7, 11) is 0. The van der Waals surface area contributed by atoms with Gasteiger partial charge in [-0.25, -0.2) is 0 Å². The zero-order valence-corrected chi connectivity index (χ0v) is 10.1. The number of thioether (sulfide) groups is 1. The highest BCUT2D eigenvalue weighted by atomic mass is 32.2. The second-order valence-corrected chi connectivity index (χ2v) is 4.28. The number of nitrogens with one attached hydrogen (secondary N) is 1. The highest BCUT2D eigenvalue weighted by molar-refractivity contribution is 7.98. The Kier molecular flexibility index (Phi) is 3.44. The van der Waals surface area contributed by atoms with Gasteiger partial charge in [0, 0.05) is 11.6 Å². The van der Waals surface area contributed by atoms with Gasteiger partial charge in [0.2, 0.25) is 5.56 Å². The SMILES string of the molecule is CSc1[nH]c(=O)ccc1C(=O)c1ccccc1. The minimum absolute atomic E-state index is 0.0776. The molecule has 0 radical (unpaired) electrons. The summed E-state index contributed by atoms with van der Waals surface area (Å²) in [6, 6.07) is 12.0. The van der Waals surface area contributed by atoms with Crippen molar-refractivity contribution in [1.82, 2.24) is 4.98 Å². The van der Waals surface area contributed by atoms with Crippen molar-refractivity contribution in [3.63, 3.8) is 0 Å². The fourth-order valence-corrected chi connectivity index (χ4v) is 2.12. The molecule has 0 unspecified atom stereocenters. The van der Waals surface area contributed by atoms with Gasteiger partial charge < -0.3 is 4.98 Å². The number of hydrogen-bond acceptors (Lipinski definition) is 3. The van der Waals surface area contributed by atoms with Crippen molar-refractivity contribution in [2.24, 2.45) is 0 Å². The molecule has 0 atom stereocenters. The molecule has 0 spiro atoms. The second kappa shape index (κ2) is 5.01. The van der Waals surface area contributed by atoms with Crippen LogP contribution in [0.4, 0.5) is 0 Å². The molecule has 2 aromatic rings. The average molecular weight is 245 g/mol. The lowest BCUT2D eigenvalue weighted by atomic mass is 10.1. The molecular weight excluding hydrogens is 234 g/mol. The fourth-order valence-electron chi connectivity index (χ4n) is 1.54. The first-order valence-electron chi connectivity index (χ1n) is 5.09. The summed E-state index contributed by atoms with van der Waals surface area (Å²) in [6.07, 6.45) is 1.83. The van der Waals surface area contributed by atoms with Crippen molar-refractivity contribution in [3.05, 3.63) is 63.9 Å². The molecule has 1 aromatic carbocycles. The van der Waals surface area contributed by atoms with E-state index in [1.807, 2.05) is 24.5 Å². The van der Waals surface area contributed by atoms with Gasteiger partial charge in [-0.1, -0.05) is 30.3 Å². The van der Waals surface area contributed by atoms with Gasteiger partial charge in [-0.15, -0.1) is 11.8 Å². The van der Waals surface area contributed by atoms with Gasteiger partial charge in [0.1, 0.15) is 0 Å². The molecule has 1 aromatic heterocycles. The van der Waals surface area contributed by atoms with Crippen LogP contribution in [0, 0.1) is 0 Å². The van der Waals surface area contributed by atoms with E-state index in [9.17, 15) is 9.59 Å². The van der Waals surface area contributed by atoms with Crippen molar-refractivity contribution < 1.29 is 4.79 Å². The van der Waals surface area contributed by atoms with E-state index in [0.717, 1.165) is 0 Å². The Morgan fingerprint density at radius 3 is 2.47 bits per heavy atom.